The van der Waals surface area contributed by atoms with E-state index in [9.17, 15) is 9.90 Å². The molecule has 1 saturated carbocycles. The number of halogens is 1. The Hall–Kier alpha value is -1.42. The summed E-state index contributed by atoms with van der Waals surface area (Å²) in [6, 6.07) is 3.54. The van der Waals surface area contributed by atoms with Gasteiger partial charge in [0.05, 0.1) is 16.3 Å². The average molecular weight is 283 g/mol. The number of nitrogen functional groups attached to an aromatic ring is 1. The Kier molecular flexibility index (Phi) is 4.20. The van der Waals surface area contributed by atoms with Crippen LogP contribution in [0.1, 0.15) is 43.0 Å². The van der Waals surface area contributed by atoms with Gasteiger partial charge in [0.2, 0.25) is 0 Å². The number of rotatable bonds is 6. The third-order valence-electron chi connectivity index (χ3n) is 3.34. The third kappa shape index (κ3) is 3.13. The predicted octanol–water partition coefficient (Wildman–Crippen LogP) is 3.39. The van der Waals surface area contributed by atoms with Gasteiger partial charge in [-0.3, -0.25) is 0 Å². The highest BCUT2D eigenvalue weighted by Crippen LogP contribution is 2.39. The number of carboxylic acid groups (broad SMARTS) is 1. The molecule has 0 saturated heterocycles. The van der Waals surface area contributed by atoms with E-state index in [1.165, 1.54) is 6.07 Å². The van der Waals surface area contributed by atoms with Gasteiger partial charge in [-0.1, -0.05) is 24.9 Å². The highest BCUT2D eigenvalue weighted by Gasteiger charge is 2.32. The lowest BCUT2D eigenvalue weighted by Crippen LogP contribution is -2.29. The summed E-state index contributed by atoms with van der Waals surface area (Å²) in [4.78, 5) is 13.5. The van der Waals surface area contributed by atoms with Crippen LogP contribution >= 0.6 is 11.6 Å². The number of nitrogens with zero attached hydrogens (tertiary/aromatic N) is 1. The van der Waals surface area contributed by atoms with Gasteiger partial charge in [0.15, 0.2) is 0 Å². The van der Waals surface area contributed by atoms with Crippen molar-refractivity contribution in [1.29, 1.82) is 0 Å². The van der Waals surface area contributed by atoms with E-state index in [1.807, 2.05) is 0 Å². The van der Waals surface area contributed by atoms with Crippen molar-refractivity contribution >= 4 is 28.9 Å². The SMILES string of the molecule is CCCCN(c1c(Cl)cc(N)cc1C(=O)O)C1CC1. The molecule has 0 amide bonds. The summed E-state index contributed by atoms with van der Waals surface area (Å²) < 4.78 is 0. The van der Waals surface area contributed by atoms with E-state index in [-0.39, 0.29) is 5.56 Å². The molecule has 2 rings (SSSR count). The number of anilines is 2. The van der Waals surface area contributed by atoms with E-state index >= 15 is 0 Å². The van der Waals surface area contributed by atoms with Gasteiger partial charge in [-0.05, 0) is 31.4 Å². The Labute approximate surface area is 118 Å². The minimum atomic E-state index is -0.980. The van der Waals surface area contributed by atoms with Crippen LogP contribution in [0, 0.1) is 0 Å². The molecule has 0 unspecified atom stereocenters. The van der Waals surface area contributed by atoms with Crippen molar-refractivity contribution < 1.29 is 9.90 Å². The van der Waals surface area contributed by atoms with E-state index in [0.29, 0.717) is 22.4 Å². The Bertz CT molecular complexity index is 487. The van der Waals surface area contributed by atoms with Crippen LogP contribution in [-0.2, 0) is 0 Å². The van der Waals surface area contributed by atoms with Crippen LogP contribution in [0.25, 0.3) is 0 Å². The zero-order chi connectivity index (χ0) is 14.0. The van der Waals surface area contributed by atoms with Crippen molar-refractivity contribution in [2.75, 3.05) is 17.2 Å². The zero-order valence-electron chi connectivity index (χ0n) is 11.0. The maximum Gasteiger partial charge on any atom is 0.337 e. The Morgan fingerprint density at radius 2 is 2.21 bits per heavy atom. The molecule has 0 atom stereocenters. The maximum absolute atomic E-state index is 11.4. The van der Waals surface area contributed by atoms with Gasteiger partial charge >= 0.3 is 5.97 Å². The Balaban J connectivity index is 2.42. The first-order chi connectivity index (χ1) is 9.04. The molecule has 19 heavy (non-hydrogen) atoms. The van der Waals surface area contributed by atoms with Crippen molar-refractivity contribution in [3.8, 4) is 0 Å². The second-order valence-corrected chi connectivity index (χ2v) is 5.39. The predicted molar refractivity (Wildman–Crippen MR) is 78.1 cm³/mol. The van der Waals surface area contributed by atoms with Crippen molar-refractivity contribution in [1.82, 2.24) is 0 Å². The van der Waals surface area contributed by atoms with E-state index in [2.05, 4.69) is 11.8 Å². The van der Waals surface area contributed by atoms with E-state index in [4.69, 9.17) is 17.3 Å². The fraction of sp³-hybridized carbons (Fsp3) is 0.500. The molecule has 5 heteroatoms. The minimum absolute atomic E-state index is 0.202. The second kappa shape index (κ2) is 5.70. The number of benzene rings is 1. The lowest BCUT2D eigenvalue weighted by molar-refractivity contribution is 0.0697. The smallest absolute Gasteiger partial charge is 0.337 e. The Morgan fingerprint density at radius 1 is 1.53 bits per heavy atom. The van der Waals surface area contributed by atoms with E-state index in [0.717, 1.165) is 32.2 Å². The number of hydrogen-bond acceptors (Lipinski definition) is 3. The van der Waals surface area contributed by atoms with Crippen molar-refractivity contribution in [3.05, 3.63) is 22.7 Å². The van der Waals surface area contributed by atoms with Crippen LogP contribution in [0.5, 0.6) is 0 Å². The molecule has 0 bridgehead atoms. The van der Waals surface area contributed by atoms with Gasteiger partial charge in [0, 0.05) is 18.3 Å². The molecule has 0 spiro atoms. The molecule has 104 valence electrons. The summed E-state index contributed by atoms with van der Waals surface area (Å²) in [5.41, 5.74) is 6.90. The molecule has 0 heterocycles. The number of nitrogens with two attached hydrogens (primary N) is 1. The number of unbranched alkanes of at least 4 members (excludes halogenated alkanes) is 1. The number of carboxylic acids is 1. The molecule has 0 radical (unpaired) electrons. The molecule has 1 aromatic rings. The summed E-state index contributed by atoms with van der Waals surface area (Å²) in [6.07, 6.45) is 4.29. The Morgan fingerprint density at radius 3 is 2.74 bits per heavy atom. The van der Waals surface area contributed by atoms with Crippen LogP contribution in [0.4, 0.5) is 11.4 Å². The standard InChI is InChI=1S/C14H19ClN2O2/c1-2-3-6-17(10-4-5-10)13-11(14(18)19)7-9(16)8-12(13)15/h7-8,10H,2-6,16H2,1H3,(H,18,19). The van der Waals surface area contributed by atoms with Gasteiger partial charge in [0.25, 0.3) is 0 Å². The fourth-order valence-corrected chi connectivity index (χ4v) is 2.60. The highest BCUT2D eigenvalue weighted by molar-refractivity contribution is 6.34. The topological polar surface area (TPSA) is 66.6 Å². The molecule has 4 nitrogen and oxygen atoms in total. The molecule has 3 N–H and O–H groups in total. The summed E-state index contributed by atoms with van der Waals surface area (Å²) in [7, 11) is 0. The first kappa shape index (κ1) is 14.0. The monoisotopic (exact) mass is 282 g/mol. The largest absolute Gasteiger partial charge is 0.478 e. The van der Waals surface area contributed by atoms with Gasteiger partial charge < -0.3 is 15.7 Å². The molecule has 1 aliphatic carbocycles. The molecule has 1 fully saturated rings. The fourth-order valence-electron chi connectivity index (χ4n) is 2.27. The van der Waals surface area contributed by atoms with Crippen LogP contribution in [-0.4, -0.2) is 23.7 Å². The first-order valence-corrected chi connectivity index (χ1v) is 7.01. The second-order valence-electron chi connectivity index (χ2n) is 4.98. The lowest BCUT2D eigenvalue weighted by Gasteiger charge is -2.27. The van der Waals surface area contributed by atoms with Gasteiger partial charge in [-0.15, -0.1) is 0 Å². The van der Waals surface area contributed by atoms with Crippen molar-refractivity contribution in [2.45, 2.75) is 38.6 Å². The normalized spacial score (nSPS) is 14.4. The number of aromatic carboxylic acids is 1. The molecular weight excluding hydrogens is 264 g/mol. The molecule has 1 aliphatic rings. The summed E-state index contributed by atoms with van der Waals surface area (Å²) in [6.45, 7) is 2.96. The van der Waals surface area contributed by atoms with Crippen molar-refractivity contribution in [3.63, 3.8) is 0 Å². The van der Waals surface area contributed by atoms with Gasteiger partial charge in [-0.25, -0.2) is 4.79 Å². The molecule has 0 aliphatic heterocycles. The minimum Gasteiger partial charge on any atom is -0.478 e. The average Bonchev–Trinajstić information content (AvgIpc) is 3.15. The lowest BCUT2D eigenvalue weighted by atomic mass is 10.1. The quantitative estimate of drug-likeness (QED) is 0.785. The summed E-state index contributed by atoms with van der Waals surface area (Å²) in [5, 5.41) is 9.78. The van der Waals surface area contributed by atoms with Gasteiger partial charge in [-0.2, -0.15) is 0 Å². The third-order valence-corrected chi connectivity index (χ3v) is 3.63. The van der Waals surface area contributed by atoms with E-state index in [1.54, 1.807) is 6.07 Å². The summed E-state index contributed by atoms with van der Waals surface area (Å²) in [5.74, 6) is -0.980. The summed E-state index contributed by atoms with van der Waals surface area (Å²) >= 11 is 6.24. The molecule has 0 aromatic heterocycles. The molecule has 1 aromatic carbocycles. The van der Waals surface area contributed by atoms with Gasteiger partial charge in [0.1, 0.15) is 0 Å². The van der Waals surface area contributed by atoms with Crippen LogP contribution in [0.3, 0.4) is 0 Å². The van der Waals surface area contributed by atoms with Crippen LogP contribution in [0.2, 0.25) is 5.02 Å². The van der Waals surface area contributed by atoms with E-state index < -0.39 is 5.97 Å². The number of hydrogen-bond donors (Lipinski definition) is 2. The number of carbonyl (C=O) groups is 1. The molecular formula is C14H19ClN2O2. The van der Waals surface area contributed by atoms with Crippen LogP contribution in [0.15, 0.2) is 12.1 Å². The highest BCUT2D eigenvalue weighted by atomic mass is 35.5. The van der Waals surface area contributed by atoms with Crippen molar-refractivity contribution in [2.24, 2.45) is 0 Å². The first-order valence-electron chi connectivity index (χ1n) is 6.63. The maximum atomic E-state index is 11.4. The van der Waals surface area contributed by atoms with Crippen LogP contribution < -0.4 is 10.6 Å². The zero-order valence-corrected chi connectivity index (χ0v) is 11.8.